The number of epoxide rings is 1. The minimum atomic E-state index is -3.66. The maximum Gasteiger partial charge on any atom is 0.416 e. The molecule has 36 heteroatoms. The van der Waals surface area contributed by atoms with Gasteiger partial charge in [-0.05, 0) is 315 Å². The van der Waals surface area contributed by atoms with Crippen molar-refractivity contribution in [3.8, 4) is 46.0 Å². The molecular formula is C113H103Cl7N10O18S. The topological polar surface area (TPSA) is 318 Å². The molecule has 4 amide bonds. The molecule has 6 unspecified atom stereocenters. The van der Waals surface area contributed by atoms with Crippen LogP contribution in [0.2, 0.25) is 35.2 Å². The number of carbonyl (C=O) groups is 5. The Balaban J connectivity index is 0.000000125. The lowest BCUT2D eigenvalue weighted by atomic mass is 9.92. The van der Waals surface area contributed by atoms with Crippen LogP contribution in [-0.4, -0.2) is 204 Å². The van der Waals surface area contributed by atoms with Crippen molar-refractivity contribution >= 4 is 165 Å². The quantitative estimate of drug-likeness (QED) is 0.0269. The van der Waals surface area contributed by atoms with E-state index in [0.717, 1.165) is 136 Å². The van der Waals surface area contributed by atoms with Gasteiger partial charge in [0, 0.05) is 156 Å². The number of H-pyrrole nitrogens is 4. The number of aliphatic hydroxyl groups excluding tert-OH is 1. The number of benzene rings is 12. The summed E-state index contributed by atoms with van der Waals surface area (Å²) in [6.45, 7) is 8.77. The highest BCUT2D eigenvalue weighted by Gasteiger charge is 2.42. The maximum atomic E-state index is 13.5. The van der Waals surface area contributed by atoms with E-state index in [1.807, 2.05) is 133 Å². The molecule has 6 atom stereocenters. The molecule has 4 aromatic heterocycles. The average Bonchev–Trinajstić information content (AvgIpc) is 1.60. The van der Waals surface area contributed by atoms with Gasteiger partial charge in [-0.1, -0.05) is 130 Å². The number of β-amino-alcohol motifs (C(OH)–C–C–N with tert-alkyl or cyclic N) is 1. The zero-order chi connectivity index (χ0) is 103. The van der Waals surface area contributed by atoms with Gasteiger partial charge in [-0.15, -0.1) is 0 Å². The van der Waals surface area contributed by atoms with Crippen molar-refractivity contribution in [3.63, 3.8) is 0 Å². The molecule has 12 aromatic carbocycles. The van der Waals surface area contributed by atoms with E-state index in [1.165, 1.54) is 24.1 Å². The van der Waals surface area contributed by atoms with Crippen molar-refractivity contribution in [1.29, 1.82) is 0 Å². The number of aliphatic hydroxyl groups is 1. The lowest BCUT2D eigenvalue weighted by Crippen LogP contribution is -2.42. The van der Waals surface area contributed by atoms with Crippen LogP contribution in [0.15, 0.2) is 272 Å². The van der Waals surface area contributed by atoms with Gasteiger partial charge in [0.1, 0.15) is 95.6 Å². The Bertz CT molecular complexity index is 7710. The summed E-state index contributed by atoms with van der Waals surface area (Å²) in [6.07, 6.45) is 2.76. The van der Waals surface area contributed by atoms with Gasteiger partial charge in [0.15, 0.2) is 0 Å². The van der Waals surface area contributed by atoms with E-state index in [2.05, 4.69) is 24.8 Å². The Morgan fingerprint density at radius 1 is 0.376 bits per heavy atom. The lowest BCUT2D eigenvalue weighted by molar-refractivity contribution is -0.131. The number of hydrogen-bond acceptors (Lipinski definition) is 19. The molecule has 0 aliphatic carbocycles. The van der Waals surface area contributed by atoms with Crippen LogP contribution in [0.1, 0.15) is 113 Å². The predicted octanol–water partition coefficient (Wildman–Crippen LogP) is 24.6. The number of aromatic nitrogens is 4. The standard InChI is InChI=1S/C31H31Cl2N3O4.C29H28ClN3O6S.C27H22Cl2N2O4.C26H20Cl2N2O4.H2/c32-21-5-10-25(11-6-21)40-31(38)36-16-13-26-27-17-22(33)7-12-28(27)34-29(26)30(36)20-3-8-24(9-4-20)39-19-23(37)18-35-14-1-2-15-35;1-37-21-5-7-22(8-6-21)39-29(34)33-13-12-24-25-18-20(30)4-11-26(25)31-27(24)28(33)19-2-9-23(10-3-19)40(35,36)32-14-16-38-17-15-32;28-17-3-8-20(9-4-17)35-27(32)31-12-11-22-23-13-18(29)5-10-24(23)30-25(22)26(31)16-1-6-19(7-2-16)33-14-21-15-34-21;1-15(31)33-19-7-2-16(3-8-19)25-24-21(22-14-18(28)6-11-23(22)29-24)12-13-30(25)26(32)34-20-9-4-17(27)5-10-20;/h3-12,17,23,30,34,37H,1-2,13-16,18-19H2;2-11,18,28,31H,12-17H2,1H3;1-10,13,21,26,30H,11-12,14-15H2;2-11,14,25,29H,12-13H2,1H3;1H. The Morgan fingerprint density at radius 2 is 0.664 bits per heavy atom. The highest BCUT2D eigenvalue weighted by molar-refractivity contribution is 7.89. The Hall–Kier alpha value is -13.5. The molecule has 3 fully saturated rings. The third-order valence-electron chi connectivity index (χ3n) is 27.2. The zero-order valence-corrected chi connectivity index (χ0v) is 86.7. The predicted molar refractivity (Wildman–Crippen MR) is 575 cm³/mol. The summed E-state index contributed by atoms with van der Waals surface area (Å²) >= 11 is 43.1. The van der Waals surface area contributed by atoms with E-state index in [9.17, 15) is 37.5 Å². The highest BCUT2D eigenvalue weighted by Crippen LogP contribution is 2.47. The van der Waals surface area contributed by atoms with Gasteiger partial charge >= 0.3 is 30.3 Å². The van der Waals surface area contributed by atoms with Gasteiger partial charge in [0.05, 0.1) is 31.8 Å². The van der Waals surface area contributed by atoms with Crippen LogP contribution < -0.4 is 37.9 Å². The first kappa shape index (κ1) is 103. The fourth-order valence-corrected chi connectivity index (χ4v) is 22.5. The summed E-state index contributed by atoms with van der Waals surface area (Å²) < 4.78 is 83.3. The molecule has 11 heterocycles. The van der Waals surface area contributed by atoms with Gasteiger partial charge < -0.3 is 77.3 Å². The van der Waals surface area contributed by atoms with Crippen LogP contribution in [0.25, 0.3) is 43.6 Å². The normalized spacial score (nSPS) is 17.6. The van der Waals surface area contributed by atoms with Crippen molar-refractivity contribution in [2.45, 2.75) is 86.7 Å². The Morgan fingerprint density at radius 3 is 0.987 bits per heavy atom. The SMILES string of the molecule is CC(=O)Oc1ccc(C2c3[nH]c4ccc(Cl)cc4c3CCN2C(=O)Oc2ccc(Cl)cc2)cc1.COc1ccc(OC(=O)N2CCc3c([nH]c4ccc(Cl)cc34)C2c2ccc(S(=O)(=O)N3CCOCC3)cc2)cc1.O=C(Oc1ccc(Cl)cc1)N1CCc2c([nH]c3ccc(Cl)cc23)C1c1ccc(OCC(O)CN2CCCC2)cc1.O=C(Oc1ccc(Cl)cc1)N1CCc2c([nH]c3ccc(Cl)cc23)C1c1ccc(OCC2CO2)cc1.[HH]. The van der Waals surface area contributed by atoms with Crippen LogP contribution in [0, 0.1) is 0 Å². The van der Waals surface area contributed by atoms with Crippen LogP contribution in [0.4, 0.5) is 19.2 Å². The Labute approximate surface area is 894 Å². The maximum absolute atomic E-state index is 13.5. The van der Waals surface area contributed by atoms with Crippen molar-refractivity contribution in [2.75, 3.05) is 99.0 Å². The number of aromatic amines is 4. The molecule has 16 aromatic rings. The molecule has 0 bridgehead atoms. The monoisotopic (exact) mass is 2160 g/mol. The smallest absolute Gasteiger partial charge is 0.416 e. The number of nitrogens with one attached hydrogen (secondary N) is 4. The van der Waals surface area contributed by atoms with Crippen LogP contribution in [0.5, 0.6) is 46.0 Å². The first-order valence-electron chi connectivity index (χ1n) is 48.7. The molecule has 0 radical (unpaired) electrons. The molecule has 23 rings (SSSR count). The molecular weight excluding hydrogens is 2070 g/mol. The number of sulfonamides is 1. The van der Waals surface area contributed by atoms with Gasteiger partial charge in [-0.3, -0.25) is 24.4 Å². The van der Waals surface area contributed by atoms with E-state index in [4.69, 9.17) is 129 Å². The zero-order valence-electron chi connectivity index (χ0n) is 80.6. The second-order valence-electron chi connectivity index (χ2n) is 36.8. The van der Waals surface area contributed by atoms with E-state index in [-0.39, 0.29) is 25.1 Å². The average molecular weight is 2170 g/mol. The van der Waals surface area contributed by atoms with E-state index >= 15 is 0 Å². The second-order valence-corrected chi connectivity index (χ2v) is 41.8. The third-order valence-corrected chi connectivity index (χ3v) is 30.8. The number of hydrogen-bond donors (Lipinski definition) is 5. The molecule has 7 aliphatic heterocycles. The number of halogens is 7. The Kier molecular flexibility index (Phi) is 31.4. The number of likely N-dealkylation sites (tertiary alicyclic amines) is 1. The first-order chi connectivity index (χ1) is 72.2. The van der Waals surface area contributed by atoms with Crippen LogP contribution >= 0.6 is 81.2 Å². The van der Waals surface area contributed by atoms with Gasteiger partial charge in [0.25, 0.3) is 0 Å². The van der Waals surface area contributed by atoms with E-state index in [0.29, 0.717) is 167 Å². The number of fused-ring (bicyclic) bond motifs is 12. The molecule has 0 spiro atoms. The van der Waals surface area contributed by atoms with Crippen molar-refractivity contribution in [2.24, 2.45) is 0 Å². The van der Waals surface area contributed by atoms with Crippen molar-refractivity contribution in [3.05, 3.63) is 369 Å². The van der Waals surface area contributed by atoms with Gasteiger partial charge in [-0.2, -0.15) is 4.31 Å². The summed E-state index contributed by atoms with van der Waals surface area (Å²) in [7, 11) is -2.08. The van der Waals surface area contributed by atoms with Crippen LogP contribution in [0.3, 0.4) is 0 Å². The number of ether oxygens (including phenoxy) is 10. The molecule has 5 N–H and O–H groups in total. The summed E-state index contributed by atoms with van der Waals surface area (Å²) in [5, 5.41) is 18.9. The minimum Gasteiger partial charge on any atom is -0.497 e. The summed E-state index contributed by atoms with van der Waals surface area (Å²) in [6, 6.07) is 77.6. The number of rotatable bonds is 20. The number of amides is 4. The molecule has 28 nitrogen and oxygen atoms in total. The fraction of sp³-hybridized carbons (Fsp3) is 0.248. The molecule has 768 valence electrons. The minimum absolute atomic E-state index is 0. The summed E-state index contributed by atoms with van der Waals surface area (Å²) in [5.41, 5.74) is 15.4. The van der Waals surface area contributed by atoms with E-state index < -0.39 is 64.6 Å². The first-order valence-corrected chi connectivity index (χ1v) is 52.8. The van der Waals surface area contributed by atoms with Crippen LogP contribution in [-0.2, 0) is 50.0 Å². The molecule has 149 heavy (non-hydrogen) atoms. The summed E-state index contributed by atoms with van der Waals surface area (Å²) in [4.78, 5) is 88.3. The number of methoxy groups -OCH3 is 1. The summed E-state index contributed by atoms with van der Waals surface area (Å²) in [5.74, 6) is 3.80. The highest BCUT2D eigenvalue weighted by atomic mass is 35.5. The number of nitrogens with zero attached hydrogens (tertiary/aromatic N) is 6. The molecule has 3 saturated heterocycles. The number of carbonyl (C=O) groups excluding carboxylic acids is 5. The lowest BCUT2D eigenvalue weighted by Gasteiger charge is -2.35. The number of morpholine rings is 1. The van der Waals surface area contributed by atoms with Gasteiger partial charge in [-0.25, -0.2) is 27.6 Å². The second kappa shape index (κ2) is 45.5. The number of esters is 1. The largest absolute Gasteiger partial charge is 0.497 e. The third kappa shape index (κ3) is 23.6. The van der Waals surface area contributed by atoms with Gasteiger partial charge in [0.2, 0.25) is 10.0 Å². The van der Waals surface area contributed by atoms with E-state index in [1.54, 1.807) is 160 Å². The van der Waals surface area contributed by atoms with Crippen molar-refractivity contribution < 1.29 is 86.3 Å². The fourth-order valence-electron chi connectivity index (χ4n) is 20.0. The molecule has 0 saturated carbocycles. The van der Waals surface area contributed by atoms with Crippen molar-refractivity contribution in [1.82, 2.24) is 48.7 Å². The molecule has 7 aliphatic rings.